The van der Waals surface area contributed by atoms with Crippen molar-refractivity contribution < 1.29 is 18.0 Å². The number of urea groups is 1. The van der Waals surface area contributed by atoms with Gasteiger partial charge in [-0.2, -0.15) is 0 Å². The summed E-state index contributed by atoms with van der Waals surface area (Å²) < 4.78 is 38.7. The Morgan fingerprint density at radius 3 is 2.72 bits per heavy atom. The molecule has 7 heteroatoms. The van der Waals surface area contributed by atoms with Crippen molar-refractivity contribution in [2.75, 3.05) is 18.4 Å². The van der Waals surface area contributed by atoms with Crippen molar-refractivity contribution in [1.82, 2.24) is 4.90 Å². The average Bonchev–Trinajstić information content (AvgIpc) is 2.64. The maximum Gasteiger partial charge on any atom is 0.322 e. The predicted molar refractivity (Wildman–Crippen MR) is 61.6 cm³/mol. The molecule has 0 atom stereocenters. The molecule has 0 spiro atoms. The molecular formula is C11H10ClF3N2O. The molecule has 0 aromatic heterocycles. The second kappa shape index (κ2) is 4.68. The minimum absolute atomic E-state index is 0.00619. The fourth-order valence-electron chi connectivity index (χ4n) is 1.69. The van der Waals surface area contributed by atoms with Crippen LogP contribution >= 0.6 is 11.6 Å². The summed E-state index contributed by atoms with van der Waals surface area (Å²) in [5.74, 6) is -3.44. The highest BCUT2D eigenvalue weighted by Crippen LogP contribution is 2.27. The summed E-state index contributed by atoms with van der Waals surface area (Å²) in [6, 6.07) is 2.99. The summed E-state index contributed by atoms with van der Waals surface area (Å²) >= 11 is 5.54. The number of benzene rings is 1. The molecule has 1 heterocycles. The first-order valence-electron chi connectivity index (χ1n) is 5.26. The summed E-state index contributed by atoms with van der Waals surface area (Å²) in [6.07, 6.45) is -0.343. The fourth-order valence-corrected chi connectivity index (χ4v) is 1.87. The number of likely N-dealkylation sites (tertiary alicyclic amines) is 1. The smallest absolute Gasteiger partial charge is 0.318 e. The van der Waals surface area contributed by atoms with Crippen LogP contribution in [0, 0.1) is 5.82 Å². The van der Waals surface area contributed by atoms with E-state index in [0.717, 1.165) is 11.0 Å². The quantitative estimate of drug-likeness (QED) is 0.839. The molecule has 98 valence electrons. The number of hydrogen-bond acceptors (Lipinski definition) is 1. The first-order chi connectivity index (χ1) is 8.37. The Kier molecular flexibility index (Phi) is 3.38. The van der Waals surface area contributed by atoms with Crippen molar-refractivity contribution >= 4 is 23.3 Å². The molecule has 0 bridgehead atoms. The van der Waals surface area contributed by atoms with Crippen LogP contribution in [0.2, 0.25) is 5.02 Å². The zero-order valence-corrected chi connectivity index (χ0v) is 9.98. The van der Waals surface area contributed by atoms with E-state index in [4.69, 9.17) is 11.6 Å². The average molecular weight is 279 g/mol. The van der Waals surface area contributed by atoms with Gasteiger partial charge in [0.1, 0.15) is 5.82 Å². The largest absolute Gasteiger partial charge is 0.322 e. The Hall–Kier alpha value is -1.43. The molecule has 1 aromatic carbocycles. The van der Waals surface area contributed by atoms with Gasteiger partial charge in [-0.1, -0.05) is 11.6 Å². The molecule has 3 nitrogen and oxygen atoms in total. The van der Waals surface area contributed by atoms with Crippen LogP contribution in [-0.4, -0.2) is 29.9 Å². The highest BCUT2D eigenvalue weighted by Gasteiger charge is 2.40. The fraction of sp³-hybridized carbons (Fsp3) is 0.364. The van der Waals surface area contributed by atoms with Gasteiger partial charge >= 0.3 is 6.03 Å². The monoisotopic (exact) mass is 278 g/mol. The van der Waals surface area contributed by atoms with Crippen molar-refractivity contribution in [2.45, 2.75) is 12.3 Å². The lowest BCUT2D eigenvalue weighted by Gasteiger charge is -2.17. The third-order valence-electron chi connectivity index (χ3n) is 2.63. The van der Waals surface area contributed by atoms with Gasteiger partial charge in [-0.25, -0.2) is 18.0 Å². The highest BCUT2D eigenvalue weighted by molar-refractivity contribution is 6.31. The molecule has 0 aliphatic carbocycles. The summed E-state index contributed by atoms with van der Waals surface area (Å²) in [5, 5.41) is 2.25. The van der Waals surface area contributed by atoms with Crippen molar-refractivity contribution in [2.24, 2.45) is 0 Å². The van der Waals surface area contributed by atoms with E-state index in [1.807, 2.05) is 0 Å². The number of nitrogens with one attached hydrogen (secondary N) is 1. The Morgan fingerprint density at radius 2 is 2.17 bits per heavy atom. The third-order valence-corrected chi connectivity index (χ3v) is 2.92. The Bertz CT molecular complexity index is 481. The number of alkyl halides is 2. The number of carbonyl (C=O) groups is 1. The second-order valence-electron chi connectivity index (χ2n) is 4.09. The van der Waals surface area contributed by atoms with Gasteiger partial charge in [0, 0.05) is 18.7 Å². The molecule has 0 radical (unpaired) electrons. The number of carbonyl (C=O) groups excluding carboxylic acids is 1. The Balaban J connectivity index is 2.01. The van der Waals surface area contributed by atoms with Gasteiger partial charge in [-0.3, -0.25) is 0 Å². The lowest BCUT2D eigenvalue weighted by atomic mass is 10.3. The maximum absolute atomic E-state index is 12.9. The SMILES string of the molecule is O=C(Nc1ccc(F)c(Cl)c1)N1CCC(F)(F)C1. The number of halogens is 4. The van der Waals surface area contributed by atoms with Crippen LogP contribution in [0.25, 0.3) is 0 Å². The standard InChI is InChI=1S/C11H10ClF3N2O/c12-8-5-7(1-2-9(8)13)16-10(18)17-4-3-11(14,15)6-17/h1-2,5H,3-4,6H2,(H,16,18). The number of nitrogens with zero attached hydrogens (tertiary/aromatic N) is 1. The number of rotatable bonds is 1. The highest BCUT2D eigenvalue weighted by atomic mass is 35.5. The lowest BCUT2D eigenvalue weighted by molar-refractivity contribution is 0.0159. The number of anilines is 1. The first kappa shape index (κ1) is 13.0. The van der Waals surface area contributed by atoms with Crippen molar-refractivity contribution in [3.63, 3.8) is 0 Å². The van der Waals surface area contributed by atoms with Crippen LogP contribution < -0.4 is 5.32 Å². The van der Waals surface area contributed by atoms with Crippen LogP contribution in [0.3, 0.4) is 0 Å². The van der Waals surface area contributed by atoms with E-state index >= 15 is 0 Å². The van der Waals surface area contributed by atoms with E-state index in [0.29, 0.717) is 0 Å². The normalized spacial score (nSPS) is 17.9. The third kappa shape index (κ3) is 2.87. The topological polar surface area (TPSA) is 32.3 Å². The lowest BCUT2D eigenvalue weighted by Crippen LogP contribution is -2.34. The van der Waals surface area contributed by atoms with Crippen molar-refractivity contribution in [1.29, 1.82) is 0 Å². The van der Waals surface area contributed by atoms with E-state index in [9.17, 15) is 18.0 Å². The van der Waals surface area contributed by atoms with Crippen LogP contribution in [0.15, 0.2) is 18.2 Å². The Labute approximate surface area is 107 Å². The molecule has 1 aromatic rings. The zero-order chi connectivity index (χ0) is 13.3. The van der Waals surface area contributed by atoms with Gasteiger partial charge in [0.15, 0.2) is 0 Å². The summed E-state index contributed by atoms with van der Waals surface area (Å²) in [5.41, 5.74) is 0.265. The minimum atomic E-state index is -2.84. The molecule has 1 aliphatic heterocycles. The second-order valence-corrected chi connectivity index (χ2v) is 4.49. The number of amides is 2. The molecule has 1 aliphatic rings. The summed E-state index contributed by atoms with van der Waals surface area (Å²) in [6.45, 7) is -0.610. The van der Waals surface area contributed by atoms with Gasteiger partial charge < -0.3 is 10.2 Å². The summed E-state index contributed by atoms with van der Waals surface area (Å²) in [7, 11) is 0. The van der Waals surface area contributed by atoms with Crippen LogP contribution in [0.1, 0.15) is 6.42 Å². The minimum Gasteiger partial charge on any atom is -0.318 e. The molecule has 0 unspecified atom stereocenters. The molecule has 1 N–H and O–H groups in total. The van der Waals surface area contributed by atoms with Crippen molar-refractivity contribution in [3.05, 3.63) is 29.0 Å². The van der Waals surface area contributed by atoms with Crippen LogP contribution in [0.5, 0.6) is 0 Å². The van der Waals surface area contributed by atoms with E-state index in [-0.39, 0.29) is 23.7 Å². The van der Waals surface area contributed by atoms with Gasteiger partial charge in [-0.15, -0.1) is 0 Å². The van der Waals surface area contributed by atoms with E-state index in [1.165, 1.54) is 12.1 Å². The van der Waals surface area contributed by atoms with Gasteiger partial charge in [-0.05, 0) is 18.2 Å². The molecule has 0 saturated carbocycles. The van der Waals surface area contributed by atoms with Crippen LogP contribution in [0.4, 0.5) is 23.7 Å². The van der Waals surface area contributed by atoms with Gasteiger partial charge in [0.2, 0.25) is 0 Å². The van der Waals surface area contributed by atoms with E-state index in [2.05, 4.69) is 5.32 Å². The molecule has 1 fully saturated rings. The molecule has 2 amide bonds. The molecule has 18 heavy (non-hydrogen) atoms. The van der Waals surface area contributed by atoms with Gasteiger partial charge in [0.05, 0.1) is 11.6 Å². The van der Waals surface area contributed by atoms with Gasteiger partial charge in [0.25, 0.3) is 5.92 Å². The zero-order valence-electron chi connectivity index (χ0n) is 9.22. The first-order valence-corrected chi connectivity index (χ1v) is 5.64. The summed E-state index contributed by atoms with van der Waals surface area (Å²) in [4.78, 5) is 12.7. The predicted octanol–water partition coefficient (Wildman–Crippen LogP) is 3.35. The Morgan fingerprint density at radius 1 is 1.44 bits per heavy atom. The molecule has 1 saturated heterocycles. The van der Waals surface area contributed by atoms with Crippen molar-refractivity contribution in [3.8, 4) is 0 Å². The maximum atomic E-state index is 12.9. The molecular weight excluding hydrogens is 269 g/mol. The number of hydrogen-bond donors (Lipinski definition) is 1. The van der Waals surface area contributed by atoms with Crippen LogP contribution in [-0.2, 0) is 0 Å². The molecule has 2 rings (SSSR count). The van der Waals surface area contributed by atoms with E-state index in [1.54, 1.807) is 0 Å². The van der Waals surface area contributed by atoms with E-state index < -0.39 is 24.3 Å².